The Labute approximate surface area is 158 Å². The number of aromatic amines is 1. The van der Waals surface area contributed by atoms with Gasteiger partial charge in [0.15, 0.2) is 0 Å². The Bertz CT molecular complexity index is 946. The van der Waals surface area contributed by atoms with Gasteiger partial charge in [0.2, 0.25) is 11.8 Å². The molecule has 0 bridgehead atoms. The summed E-state index contributed by atoms with van der Waals surface area (Å²) >= 11 is 0. The van der Waals surface area contributed by atoms with Crippen LogP contribution in [0.5, 0.6) is 5.88 Å². The molecule has 140 valence electrons. The van der Waals surface area contributed by atoms with Crippen molar-refractivity contribution in [2.45, 2.75) is 39.2 Å². The van der Waals surface area contributed by atoms with Gasteiger partial charge in [0.1, 0.15) is 6.10 Å². The summed E-state index contributed by atoms with van der Waals surface area (Å²) in [6.45, 7) is 5.33. The number of para-hydroxylation sites is 1. The minimum atomic E-state index is 0.00000903. The smallest absolute Gasteiger partial charge is 0.223 e. The molecule has 6 nitrogen and oxygen atoms in total. The van der Waals surface area contributed by atoms with Crippen LogP contribution in [0.1, 0.15) is 29.8 Å². The summed E-state index contributed by atoms with van der Waals surface area (Å²) in [4.78, 5) is 19.0. The zero-order chi connectivity index (χ0) is 18.8. The number of H-pyrrole nitrogens is 1. The number of rotatable bonds is 5. The van der Waals surface area contributed by atoms with Gasteiger partial charge in [-0.3, -0.25) is 9.89 Å². The van der Waals surface area contributed by atoms with Crippen LogP contribution in [0.4, 0.5) is 0 Å². The van der Waals surface area contributed by atoms with Crippen LogP contribution < -0.4 is 4.74 Å². The average Bonchev–Trinajstić information content (AvgIpc) is 3.27. The SMILES string of the molecule is Cc1n[nH]c(C)c1CCC(=O)N1CC[C@@H](Oc2ccc3ccccc3n2)C1. The van der Waals surface area contributed by atoms with Crippen LogP contribution in [0, 0.1) is 13.8 Å². The third kappa shape index (κ3) is 3.79. The number of pyridine rings is 1. The third-order valence-corrected chi connectivity index (χ3v) is 5.23. The van der Waals surface area contributed by atoms with Crippen LogP contribution in [0.25, 0.3) is 10.9 Å². The Hall–Kier alpha value is -2.89. The van der Waals surface area contributed by atoms with Gasteiger partial charge >= 0.3 is 0 Å². The summed E-state index contributed by atoms with van der Waals surface area (Å²) in [5.74, 6) is 0.796. The molecule has 27 heavy (non-hydrogen) atoms. The molecule has 3 aromatic rings. The lowest BCUT2D eigenvalue weighted by Crippen LogP contribution is -2.31. The molecule has 0 spiro atoms. The molecule has 1 amide bonds. The van der Waals surface area contributed by atoms with E-state index in [1.807, 2.05) is 55.1 Å². The Morgan fingerprint density at radius 1 is 1.26 bits per heavy atom. The zero-order valence-corrected chi connectivity index (χ0v) is 15.7. The summed E-state index contributed by atoms with van der Waals surface area (Å²) in [5.41, 5.74) is 4.10. The van der Waals surface area contributed by atoms with E-state index in [1.54, 1.807) is 0 Å². The number of benzene rings is 1. The molecular formula is C21H24N4O2. The van der Waals surface area contributed by atoms with Crippen LogP contribution in [0.2, 0.25) is 0 Å². The summed E-state index contributed by atoms with van der Waals surface area (Å²) in [5, 5.41) is 8.27. The fourth-order valence-electron chi connectivity index (χ4n) is 3.67. The monoisotopic (exact) mass is 364 g/mol. The van der Waals surface area contributed by atoms with Crippen LogP contribution in [-0.4, -0.2) is 45.2 Å². The molecular weight excluding hydrogens is 340 g/mol. The van der Waals surface area contributed by atoms with Gasteiger partial charge in [-0.05, 0) is 38.0 Å². The highest BCUT2D eigenvalue weighted by Crippen LogP contribution is 2.21. The van der Waals surface area contributed by atoms with Crippen LogP contribution in [0.15, 0.2) is 36.4 Å². The molecule has 1 aliphatic rings. The van der Waals surface area contributed by atoms with E-state index in [4.69, 9.17) is 4.74 Å². The number of amides is 1. The molecule has 0 saturated carbocycles. The Morgan fingerprint density at radius 3 is 2.93 bits per heavy atom. The molecule has 2 aromatic heterocycles. The molecule has 0 unspecified atom stereocenters. The first-order valence-corrected chi connectivity index (χ1v) is 9.41. The van der Waals surface area contributed by atoms with E-state index in [2.05, 4.69) is 15.2 Å². The number of carbonyl (C=O) groups is 1. The molecule has 4 rings (SSSR count). The molecule has 1 aliphatic heterocycles. The summed E-state index contributed by atoms with van der Waals surface area (Å²) < 4.78 is 6.03. The summed E-state index contributed by atoms with van der Waals surface area (Å²) in [6.07, 6.45) is 2.06. The molecule has 6 heteroatoms. The van der Waals surface area contributed by atoms with Gasteiger partial charge < -0.3 is 9.64 Å². The first-order valence-electron chi connectivity index (χ1n) is 9.41. The quantitative estimate of drug-likeness (QED) is 0.755. The number of likely N-dealkylation sites (tertiary alicyclic amines) is 1. The highest BCUT2D eigenvalue weighted by atomic mass is 16.5. The molecule has 1 saturated heterocycles. The molecule has 1 aromatic carbocycles. The number of aromatic nitrogens is 3. The maximum absolute atomic E-state index is 12.6. The van der Waals surface area contributed by atoms with Crippen molar-refractivity contribution in [3.63, 3.8) is 0 Å². The first kappa shape index (κ1) is 17.5. The van der Waals surface area contributed by atoms with Crippen LogP contribution in [-0.2, 0) is 11.2 Å². The van der Waals surface area contributed by atoms with Gasteiger partial charge in [0, 0.05) is 36.5 Å². The Morgan fingerprint density at radius 2 is 2.11 bits per heavy atom. The van der Waals surface area contributed by atoms with Gasteiger partial charge in [-0.25, -0.2) is 4.98 Å². The van der Waals surface area contributed by atoms with Gasteiger partial charge in [-0.15, -0.1) is 0 Å². The van der Waals surface area contributed by atoms with E-state index in [1.165, 1.54) is 0 Å². The number of nitrogens with one attached hydrogen (secondary N) is 1. The number of aryl methyl sites for hydroxylation is 2. The van der Waals surface area contributed by atoms with Crippen molar-refractivity contribution >= 4 is 16.8 Å². The lowest BCUT2D eigenvalue weighted by molar-refractivity contribution is -0.130. The molecule has 1 fully saturated rings. The van der Waals surface area contributed by atoms with Crippen molar-refractivity contribution in [2.75, 3.05) is 13.1 Å². The highest BCUT2D eigenvalue weighted by molar-refractivity contribution is 5.79. The number of nitrogens with zero attached hydrogens (tertiary/aromatic N) is 3. The zero-order valence-electron chi connectivity index (χ0n) is 15.7. The van der Waals surface area contributed by atoms with E-state index < -0.39 is 0 Å². The van der Waals surface area contributed by atoms with Crippen molar-refractivity contribution in [3.05, 3.63) is 53.3 Å². The van der Waals surface area contributed by atoms with Crippen molar-refractivity contribution in [3.8, 4) is 5.88 Å². The molecule has 1 N–H and O–H groups in total. The van der Waals surface area contributed by atoms with E-state index in [0.29, 0.717) is 18.8 Å². The van der Waals surface area contributed by atoms with Gasteiger partial charge in [0.25, 0.3) is 0 Å². The lowest BCUT2D eigenvalue weighted by atomic mass is 10.1. The Kier molecular flexibility index (Phi) is 4.79. The highest BCUT2D eigenvalue weighted by Gasteiger charge is 2.28. The first-order chi connectivity index (χ1) is 13.1. The maximum Gasteiger partial charge on any atom is 0.223 e. The second-order valence-corrected chi connectivity index (χ2v) is 7.12. The molecule has 1 atom stereocenters. The number of ether oxygens (including phenoxy) is 1. The van der Waals surface area contributed by atoms with Crippen molar-refractivity contribution in [1.29, 1.82) is 0 Å². The minimum Gasteiger partial charge on any atom is -0.472 e. The lowest BCUT2D eigenvalue weighted by Gasteiger charge is -2.17. The number of carbonyl (C=O) groups excluding carboxylic acids is 1. The minimum absolute atomic E-state index is 0.00000903. The molecule has 0 radical (unpaired) electrons. The van der Waals surface area contributed by atoms with E-state index in [0.717, 1.165) is 47.2 Å². The largest absolute Gasteiger partial charge is 0.472 e. The van der Waals surface area contributed by atoms with Crippen molar-refractivity contribution in [1.82, 2.24) is 20.1 Å². The molecule has 0 aliphatic carbocycles. The normalized spacial score (nSPS) is 16.8. The average molecular weight is 364 g/mol. The van der Waals surface area contributed by atoms with Crippen molar-refractivity contribution in [2.24, 2.45) is 0 Å². The fourth-order valence-corrected chi connectivity index (χ4v) is 3.67. The third-order valence-electron chi connectivity index (χ3n) is 5.23. The molecule has 3 heterocycles. The van der Waals surface area contributed by atoms with Gasteiger partial charge in [0.05, 0.1) is 17.8 Å². The van der Waals surface area contributed by atoms with E-state index in [9.17, 15) is 4.79 Å². The topological polar surface area (TPSA) is 71.1 Å². The second-order valence-electron chi connectivity index (χ2n) is 7.12. The number of fused-ring (bicyclic) bond motifs is 1. The van der Waals surface area contributed by atoms with E-state index >= 15 is 0 Å². The standard InChI is InChI=1S/C21H24N4O2/c1-14-18(15(2)24-23-14)8-10-21(26)25-12-11-17(13-25)27-20-9-7-16-5-3-4-6-19(16)22-20/h3-7,9,17H,8,10-13H2,1-2H3,(H,23,24)/t17-/m1/s1. The van der Waals surface area contributed by atoms with Gasteiger partial charge in [-0.1, -0.05) is 18.2 Å². The summed E-state index contributed by atoms with van der Waals surface area (Å²) in [7, 11) is 0. The second kappa shape index (κ2) is 7.39. The summed E-state index contributed by atoms with van der Waals surface area (Å²) in [6, 6.07) is 11.9. The predicted molar refractivity (Wildman–Crippen MR) is 104 cm³/mol. The van der Waals surface area contributed by atoms with Crippen LogP contribution >= 0.6 is 0 Å². The van der Waals surface area contributed by atoms with Crippen LogP contribution in [0.3, 0.4) is 0 Å². The number of hydrogen-bond acceptors (Lipinski definition) is 4. The fraction of sp³-hybridized carbons (Fsp3) is 0.381. The predicted octanol–water partition coefficient (Wildman–Crippen LogP) is 3.19. The number of hydrogen-bond donors (Lipinski definition) is 1. The Balaban J connectivity index is 1.33. The van der Waals surface area contributed by atoms with Crippen molar-refractivity contribution < 1.29 is 9.53 Å². The van der Waals surface area contributed by atoms with Gasteiger partial charge in [-0.2, -0.15) is 5.10 Å². The maximum atomic E-state index is 12.6. The van der Waals surface area contributed by atoms with E-state index in [-0.39, 0.29) is 12.0 Å².